The highest BCUT2D eigenvalue weighted by Crippen LogP contribution is 2.33. The Hall–Kier alpha value is -3.33. The molecule has 1 N–H and O–H groups in total. The summed E-state index contributed by atoms with van der Waals surface area (Å²) < 4.78 is 23.3. The highest BCUT2D eigenvalue weighted by Gasteiger charge is 2.14. The third-order valence-corrected chi connectivity index (χ3v) is 3.17. The smallest absolute Gasteiger partial charge is 0.266 e. The highest BCUT2D eigenvalue weighted by molar-refractivity contribution is 6.09. The van der Waals surface area contributed by atoms with Crippen LogP contribution in [0, 0.1) is 17.1 Å². The van der Waals surface area contributed by atoms with Crippen LogP contribution in [0.4, 0.5) is 10.1 Å². The van der Waals surface area contributed by atoms with Gasteiger partial charge >= 0.3 is 0 Å². The molecule has 0 radical (unpaired) electrons. The third kappa shape index (κ3) is 3.30. The molecular weight excluding hydrogens is 299 g/mol. The second-order valence-corrected chi connectivity index (χ2v) is 4.74. The van der Waals surface area contributed by atoms with Gasteiger partial charge < -0.3 is 14.8 Å². The van der Waals surface area contributed by atoms with Gasteiger partial charge in [0.15, 0.2) is 11.5 Å². The number of nitriles is 1. The first-order chi connectivity index (χ1) is 11.2. The van der Waals surface area contributed by atoms with Crippen LogP contribution < -0.4 is 14.8 Å². The summed E-state index contributed by atoms with van der Waals surface area (Å²) in [6, 6.07) is 12.3. The molecule has 6 heteroatoms. The van der Waals surface area contributed by atoms with Crippen molar-refractivity contribution in [1.82, 2.24) is 0 Å². The Morgan fingerprint density at radius 1 is 1.17 bits per heavy atom. The molecule has 0 saturated heterocycles. The molecule has 3 rings (SSSR count). The molecule has 0 fully saturated rings. The highest BCUT2D eigenvalue weighted by atomic mass is 19.1. The number of halogens is 1. The van der Waals surface area contributed by atoms with E-state index in [2.05, 4.69) is 5.32 Å². The summed E-state index contributed by atoms with van der Waals surface area (Å²) in [7, 11) is 0. The van der Waals surface area contributed by atoms with Gasteiger partial charge in [0.25, 0.3) is 5.91 Å². The number of hydrogen-bond donors (Lipinski definition) is 1. The van der Waals surface area contributed by atoms with Gasteiger partial charge in [0.1, 0.15) is 17.5 Å². The Morgan fingerprint density at radius 2 is 1.91 bits per heavy atom. The summed E-state index contributed by atoms with van der Waals surface area (Å²) in [5.74, 6) is 0.211. The van der Waals surface area contributed by atoms with Crippen molar-refractivity contribution < 1.29 is 18.7 Å². The standard InChI is InChI=1S/C17H11FN2O3/c18-13-2-4-14(5-3-13)20-17(21)12(9-19)7-11-1-6-15-16(8-11)23-10-22-15/h1-8H,10H2,(H,20,21). The summed E-state index contributed by atoms with van der Waals surface area (Å²) in [5.41, 5.74) is 0.969. The molecule has 1 heterocycles. The zero-order valence-electron chi connectivity index (χ0n) is 11.9. The summed E-state index contributed by atoms with van der Waals surface area (Å²) in [5, 5.41) is 11.7. The second-order valence-electron chi connectivity index (χ2n) is 4.74. The normalized spacial score (nSPS) is 12.6. The van der Waals surface area contributed by atoms with Crippen LogP contribution in [0.1, 0.15) is 5.56 Å². The Bertz CT molecular complexity index is 823. The van der Waals surface area contributed by atoms with E-state index in [0.29, 0.717) is 22.7 Å². The monoisotopic (exact) mass is 310 g/mol. The molecule has 114 valence electrons. The summed E-state index contributed by atoms with van der Waals surface area (Å²) in [4.78, 5) is 12.1. The van der Waals surface area contributed by atoms with Crippen LogP contribution in [0.15, 0.2) is 48.0 Å². The fraction of sp³-hybridized carbons (Fsp3) is 0.0588. The molecule has 1 amide bonds. The van der Waals surface area contributed by atoms with Gasteiger partial charge in [-0.25, -0.2) is 4.39 Å². The molecule has 0 spiro atoms. The van der Waals surface area contributed by atoms with E-state index in [1.165, 1.54) is 30.3 Å². The maximum atomic E-state index is 12.8. The SMILES string of the molecule is N#CC(=Cc1ccc2c(c1)OCO2)C(=O)Nc1ccc(F)cc1. The van der Waals surface area contributed by atoms with Gasteiger partial charge in [0.05, 0.1) is 0 Å². The summed E-state index contributed by atoms with van der Waals surface area (Å²) in [6.45, 7) is 0.151. The van der Waals surface area contributed by atoms with Crippen molar-refractivity contribution >= 4 is 17.7 Å². The second kappa shape index (κ2) is 6.20. The minimum Gasteiger partial charge on any atom is -0.454 e. The van der Waals surface area contributed by atoms with E-state index in [0.717, 1.165) is 0 Å². The molecule has 23 heavy (non-hydrogen) atoms. The van der Waals surface area contributed by atoms with Crippen molar-refractivity contribution in [3.8, 4) is 17.6 Å². The minimum atomic E-state index is -0.572. The van der Waals surface area contributed by atoms with Gasteiger partial charge in [-0.05, 0) is 48.0 Å². The van der Waals surface area contributed by atoms with E-state index < -0.39 is 11.7 Å². The first-order valence-electron chi connectivity index (χ1n) is 6.74. The van der Waals surface area contributed by atoms with Crippen molar-refractivity contribution in [1.29, 1.82) is 5.26 Å². The number of nitrogens with one attached hydrogen (secondary N) is 1. The predicted octanol–water partition coefficient (Wildman–Crippen LogP) is 3.10. The largest absolute Gasteiger partial charge is 0.454 e. The van der Waals surface area contributed by atoms with Crippen LogP contribution in [0.25, 0.3) is 6.08 Å². The number of fused-ring (bicyclic) bond motifs is 1. The van der Waals surface area contributed by atoms with E-state index in [4.69, 9.17) is 9.47 Å². The molecule has 0 bridgehead atoms. The van der Waals surface area contributed by atoms with Gasteiger partial charge in [-0.2, -0.15) is 5.26 Å². The van der Waals surface area contributed by atoms with Crippen LogP contribution in [0.2, 0.25) is 0 Å². The Morgan fingerprint density at radius 3 is 2.65 bits per heavy atom. The van der Waals surface area contributed by atoms with Crippen LogP contribution >= 0.6 is 0 Å². The van der Waals surface area contributed by atoms with Crippen LogP contribution in [-0.4, -0.2) is 12.7 Å². The van der Waals surface area contributed by atoms with Crippen molar-refractivity contribution in [2.24, 2.45) is 0 Å². The molecule has 0 aliphatic carbocycles. The van der Waals surface area contributed by atoms with E-state index >= 15 is 0 Å². The van der Waals surface area contributed by atoms with E-state index in [1.807, 2.05) is 6.07 Å². The minimum absolute atomic E-state index is 0.0757. The van der Waals surface area contributed by atoms with Crippen LogP contribution in [0.3, 0.4) is 0 Å². The quantitative estimate of drug-likeness (QED) is 0.698. The number of carbonyl (C=O) groups is 1. The lowest BCUT2D eigenvalue weighted by molar-refractivity contribution is -0.112. The molecule has 0 aromatic heterocycles. The van der Waals surface area contributed by atoms with Gasteiger partial charge in [-0.1, -0.05) is 6.07 Å². The van der Waals surface area contributed by atoms with Gasteiger partial charge in [-0.3, -0.25) is 4.79 Å². The molecular formula is C17H11FN2O3. The van der Waals surface area contributed by atoms with Crippen molar-refractivity contribution in [3.63, 3.8) is 0 Å². The predicted molar refractivity (Wildman–Crippen MR) is 81.2 cm³/mol. The Kier molecular flexibility index (Phi) is 3.93. The molecule has 0 atom stereocenters. The molecule has 2 aromatic carbocycles. The van der Waals surface area contributed by atoms with Gasteiger partial charge in [0, 0.05) is 5.69 Å². The zero-order valence-corrected chi connectivity index (χ0v) is 11.9. The zero-order chi connectivity index (χ0) is 16.2. The van der Waals surface area contributed by atoms with E-state index in [1.54, 1.807) is 18.2 Å². The third-order valence-electron chi connectivity index (χ3n) is 3.17. The topological polar surface area (TPSA) is 71.3 Å². The van der Waals surface area contributed by atoms with E-state index in [9.17, 15) is 14.4 Å². The number of hydrogen-bond acceptors (Lipinski definition) is 4. The molecule has 0 saturated carbocycles. The lowest BCUT2D eigenvalue weighted by atomic mass is 10.1. The number of ether oxygens (including phenoxy) is 2. The maximum absolute atomic E-state index is 12.8. The maximum Gasteiger partial charge on any atom is 0.266 e. The van der Waals surface area contributed by atoms with Crippen molar-refractivity contribution in [2.45, 2.75) is 0 Å². The summed E-state index contributed by atoms with van der Waals surface area (Å²) in [6.07, 6.45) is 1.45. The summed E-state index contributed by atoms with van der Waals surface area (Å²) >= 11 is 0. The number of benzene rings is 2. The fourth-order valence-electron chi connectivity index (χ4n) is 2.05. The first kappa shape index (κ1) is 14.6. The number of amides is 1. The lowest BCUT2D eigenvalue weighted by Crippen LogP contribution is -2.13. The fourth-order valence-corrected chi connectivity index (χ4v) is 2.05. The Balaban J connectivity index is 1.80. The van der Waals surface area contributed by atoms with Crippen molar-refractivity contribution in [2.75, 3.05) is 12.1 Å². The lowest BCUT2D eigenvalue weighted by Gasteiger charge is -2.04. The number of nitrogens with zero attached hydrogens (tertiary/aromatic N) is 1. The average Bonchev–Trinajstić information content (AvgIpc) is 3.02. The average molecular weight is 310 g/mol. The molecule has 0 unspecified atom stereocenters. The first-order valence-corrected chi connectivity index (χ1v) is 6.74. The van der Waals surface area contributed by atoms with Crippen molar-refractivity contribution in [3.05, 3.63) is 59.4 Å². The number of rotatable bonds is 3. The molecule has 2 aromatic rings. The molecule has 1 aliphatic rings. The van der Waals surface area contributed by atoms with E-state index in [-0.39, 0.29) is 12.4 Å². The Labute approximate surface area is 131 Å². The van der Waals surface area contributed by atoms with Crippen LogP contribution in [0.5, 0.6) is 11.5 Å². The molecule has 5 nitrogen and oxygen atoms in total. The van der Waals surface area contributed by atoms with Gasteiger partial charge in [0.2, 0.25) is 6.79 Å². The van der Waals surface area contributed by atoms with Gasteiger partial charge in [-0.15, -0.1) is 0 Å². The number of anilines is 1. The molecule has 1 aliphatic heterocycles. The number of carbonyl (C=O) groups excluding carboxylic acids is 1. The van der Waals surface area contributed by atoms with Crippen LogP contribution in [-0.2, 0) is 4.79 Å².